The molecule has 1 aromatic heterocycles. The number of para-hydroxylation sites is 1. The van der Waals surface area contributed by atoms with Gasteiger partial charge >= 0.3 is 6.61 Å². The summed E-state index contributed by atoms with van der Waals surface area (Å²) in [6.45, 7) is 3.91. The van der Waals surface area contributed by atoms with Crippen molar-refractivity contribution in [3.05, 3.63) is 30.0 Å². The van der Waals surface area contributed by atoms with Gasteiger partial charge < -0.3 is 10.1 Å². The first-order valence-corrected chi connectivity index (χ1v) is 6.65. The smallest absolute Gasteiger partial charge is 0.387 e. The Morgan fingerprint density at radius 2 is 2.05 bits per heavy atom. The van der Waals surface area contributed by atoms with Crippen molar-refractivity contribution < 1.29 is 13.5 Å². The van der Waals surface area contributed by atoms with Crippen LogP contribution in [0.4, 0.5) is 14.5 Å². The summed E-state index contributed by atoms with van der Waals surface area (Å²) < 4.78 is 29.6. The molecule has 2 rings (SSSR count). The SMILES string of the molecule is CCNc1cc(C(C)C)nc2c(OC(F)F)cccc12. The van der Waals surface area contributed by atoms with Crippen molar-refractivity contribution in [3.8, 4) is 5.75 Å². The van der Waals surface area contributed by atoms with Crippen molar-refractivity contribution in [1.82, 2.24) is 4.98 Å². The monoisotopic (exact) mass is 280 g/mol. The normalized spacial score (nSPS) is 11.3. The van der Waals surface area contributed by atoms with E-state index in [0.29, 0.717) is 5.52 Å². The molecule has 5 heteroatoms. The van der Waals surface area contributed by atoms with E-state index in [4.69, 9.17) is 0 Å². The second-order valence-electron chi connectivity index (χ2n) is 4.81. The molecule has 0 spiro atoms. The number of anilines is 1. The van der Waals surface area contributed by atoms with Crippen LogP contribution >= 0.6 is 0 Å². The molecule has 0 amide bonds. The molecule has 0 saturated heterocycles. The maximum Gasteiger partial charge on any atom is 0.387 e. The molecule has 2 aromatic rings. The van der Waals surface area contributed by atoms with Gasteiger partial charge in [-0.3, -0.25) is 0 Å². The second kappa shape index (κ2) is 6.03. The van der Waals surface area contributed by atoms with E-state index in [9.17, 15) is 8.78 Å². The predicted molar refractivity (Wildman–Crippen MR) is 76.6 cm³/mol. The summed E-state index contributed by atoms with van der Waals surface area (Å²) in [5.74, 6) is 0.315. The van der Waals surface area contributed by atoms with Crippen LogP contribution in [0.5, 0.6) is 5.75 Å². The average Bonchev–Trinajstić information content (AvgIpc) is 2.39. The van der Waals surface area contributed by atoms with Crippen LogP contribution in [0.25, 0.3) is 10.9 Å². The highest BCUT2D eigenvalue weighted by molar-refractivity contribution is 5.95. The molecule has 108 valence electrons. The van der Waals surface area contributed by atoms with Gasteiger partial charge in [0.05, 0.1) is 0 Å². The first kappa shape index (κ1) is 14.5. The lowest BCUT2D eigenvalue weighted by Gasteiger charge is -2.15. The van der Waals surface area contributed by atoms with Gasteiger partial charge in [-0.25, -0.2) is 4.98 Å². The lowest BCUT2D eigenvalue weighted by Crippen LogP contribution is -2.05. The molecule has 0 fully saturated rings. The molecule has 20 heavy (non-hydrogen) atoms. The van der Waals surface area contributed by atoms with Crippen molar-refractivity contribution in [2.75, 3.05) is 11.9 Å². The largest absolute Gasteiger partial charge is 0.432 e. The Morgan fingerprint density at radius 1 is 1.30 bits per heavy atom. The summed E-state index contributed by atoms with van der Waals surface area (Å²) in [4.78, 5) is 4.47. The molecule has 1 aromatic carbocycles. The summed E-state index contributed by atoms with van der Waals surface area (Å²) in [6, 6.07) is 7.02. The fraction of sp³-hybridized carbons (Fsp3) is 0.400. The number of halogens is 2. The van der Waals surface area contributed by atoms with Gasteiger partial charge in [-0.15, -0.1) is 0 Å². The first-order valence-electron chi connectivity index (χ1n) is 6.65. The Balaban J connectivity index is 2.65. The zero-order chi connectivity index (χ0) is 14.7. The highest BCUT2D eigenvalue weighted by Gasteiger charge is 2.14. The second-order valence-corrected chi connectivity index (χ2v) is 4.81. The number of aromatic nitrogens is 1. The number of ether oxygens (including phenoxy) is 1. The lowest BCUT2D eigenvalue weighted by atomic mass is 10.1. The van der Waals surface area contributed by atoms with Gasteiger partial charge in [0.15, 0.2) is 5.75 Å². The number of hydrogen-bond acceptors (Lipinski definition) is 3. The highest BCUT2D eigenvalue weighted by atomic mass is 19.3. The van der Waals surface area contributed by atoms with Gasteiger partial charge in [0.25, 0.3) is 0 Å². The molecule has 0 saturated carbocycles. The average molecular weight is 280 g/mol. The first-order chi connectivity index (χ1) is 9.52. The van der Waals surface area contributed by atoms with Crippen molar-refractivity contribution in [2.24, 2.45) is 0 Å². The van der Waals surface area contributed by atoms with Crippen molar-refractivity contribution >= 4 is 16.6 Å². The van der Waals surface area contributed by atoms with E-state index < -0.39 is 6.61 Å². The molecule has 0 atom stereocenters. The van der Waals surface area contributed by atoms with E-state index >= 15 is 0 Å². The van der Waals surface area contributed by atoms with E-state index in [0.717, 1.165) is 23.3 Å². The number of pyridine rings is 1. The fourth-order valence-electron chi connectivity index (χ4n) is 2.07. The number of benzene rings is 1. The van der Waals surface area contributed by atoms with Crippen LogP contribution in [0.15, 0.2) is 24.3 Å². The summed E-state index contributed by atoms with van der Waals surface area (Å²) >= 11 is 0. The van der Waals surface area contributed by atoms with Crippen LogP contribution < -0.4 is 10.1 Å². The van der Waals surface area contributed by atoms with E-state index in [1.54, 1.807) is 6.07 Å². The minimum absolute atomic E-state index is 0.110. The Kier molecular flexibility index (Phi) is 4.37. The predicted octanol–water partition coefficient (Wildman–Crippen LogP) is 4.39. The van der Waals surface area contributed by atoms with E-state index in [2.05, 4.69) is 15.0 Å². The van der Waals surface area contributed by atoms with Crippen molar-refractivity contribution in [3.63, 3.8) is 0 Å². The van der Waals surface area contributed by atoms with Crippen LogP contribution in [0.1, 0.15) is 32.4 Å². The van der Waals surface area contributed by atoms with Gasteiger partial charge in [-0.2, -0.15) is 8.78 Å². The molecule has 0 unspecified atom stereocenters. The topological polar surface area (TPSA) is 34.2 Å². The summed E-state index contributed by atoms with van der Waals surface area (Å²) in [7, 11) is 0. The van der Waals surface area contributed by atoms with E-state index in [-0.39, 0.29) is 11.7 Å². The van der Waals surface area contributed by atoms with Crippen molar-refractivity contribution in [1.29, 1.82) is 0 Å². The molecular weight excluding hydrogens is 262 g/mol. The number of alkyl halides is 2. The third-order valence-electron chi connectivity index (χ3n) is 3.00. The standard InChI is InChI=1S/C15H18F2N2O/c1-4-18-12-8-11(9(2)3)19-14-10(12)6-5-7-13(14)20-15(16)17/h5-9,15H,4H2,1-3H3,(H,18,19). The Morgan fingerprint density at radius 3 is 2.65 bits per heavy atom. The molecule has 3 nitrogen and oxygen atoms in total. The maximum absolute atomic E-state index is 12.5. The van der Waals surface area contributed by atoms with Crippen LogP contribution in [0, 0.1) is 0 Å². The van der Waals surface area contributed by atoms with Crippen LogP contribution in [-0.2, 0) is 0 Å². The number of nitrogens with one attached hydrogen (secondary N) is 1. The number of nitrogens with zero attached hydrogens (tertiary/aromatic N) is 1. The molecule has 1 N–H and O–H groups in total. The quantitative estimate of drug-likeness (QED) is 0.882. The van der Waals surface area contributed by atoms with E-state index in [1.807, 2.05) is 32.9 Å². The fourth-order valence-corrected chi connectivity index (χ4v) is 2.07. The Labute approximate surface area is 117 Å². The minimum Gasteiger partial charge on any atom is -0.432 e. The number of fused-ring (bicyclic) bond motifs is 1. The molecule has 0 aliphatic rings. The molecular formula is C15H18F2N2O. The van der Waals surface area contributed by atoms with Crippen LogP contribution in [0.2, 0.25) is 0 Å². The van der Waals surface area contributed by atoms with Crippen LogP contribution in [-0.4, -0.2) is 18.1 Å². The molecule has 0 aliphatic heterocycles. The third kappa shape index (κ3) is 2.98. The molecule has 0 bridgehead atoms. The van der Waals surface area contributed by atoms with Crippen LogP contribution in [0.3, 0.4) is 0 Å². The van der Waals surface area contributed by atoms with Crippen molar-refractivity contribution in [2.45, 2.75) is 33.3 Å². The third-order valence-corrected chi connectivity index (χ3v) is 3.00. The molecule has 1 heterocycles. The van der Waals surface area contributed by atoms with Gasteiger partial charge in [0.1, 0.15) is 5.52 Å². The van der Waals surface area contributed by atoms with Gasteiger partial charge in [-0.1, -0.05) is 26.0 Å². The number of rotatable bonds is 5. The highest BCUT2D eigenvalue weighted by Crippen LogP contribution is 2.32. The Bertz CT molecular complexity index is 600. The van der Waals surface area contributed by atoms with Gasteiger partial charge in [-0.05, 0) is 25.0 Å². The lowest BCUT2D eigenvalue weighted by molar-refractivity contribution is -0.0489. The zero-order valence-corrected chi connectivity index (χ0v) is 11.8. The van der Waals surface area contributed by atoms with Gasteiger partial charge in [0.2, 0.25) is 0 Å². The zero-order valence-electron chi connectivity index (χ0n) is 11.8. The van der Waals surface area contributed by atoms with E-state index in [1.165, 1.54) is 6.07 Å². The maximum atomic E-state index is 12.5. The van der Waals surface area contributed by atoms with Gasteiger partial charge in [0, 0.05) is 23.3 Å². The number of hydrogen-bond donors (Lipinski definition) is 1. The minimum atomic E-state index is -2.85. The molecule has 0 aliphatic carbocycles. The summed E-state index contributed by atoms with van der Waals surface area (Å²) in [6.07, 6.45) is 0. The molecule has 0 radical (unpaired) electrons. The Hall–Kier alpha value is -1.91. The summed E-state index contributed by atoms with van der Waals surface area (Å²) in [5, 5.41) is 4.03. The summed E-state index contributed by atoms with van der Waals surface area (Å²) in [5.41, 5.74) is 2.20.